The number of amides is 1. The Morgan fingerprint density at radius 2 is 1.84 bits per heavy atom. The zero-order valence-electron chi connectivity index (χ0n) is 17.8. The van der Waals surface area contributed by atoms with Gasteiger partial charge < -0.3 is 14.4 Å². The monoisotopic (exact) mass is 448 g/mol. The molecule has 0 aliphatic heterocycles. The maximum absolute atomic E-state index is 13.3. The van der Waals surface area contributed by atoms with E-state index in [1.165, 1.54) is 4.57 Å². The lowest BCUT2D eigenvalue weighted by Gasteiger charge is -2.14. The molecule has 4 aromatic rings. The molecule has 0 unspecified atom stereocenters. The number of carbonyl (C=O) groups excluding carboxylic acids is 1. The van der Waals surface area contributed by atoms with Crippen LogP contribution in [-0.4, -0.2) is 20.6 Å². The van der Waals surface area contributed by atoms with E-state index in [1.54, 1.807) is 38.1 Å². The van der Waals surface area contributed by atoms with Crippen molar-refractivity contribution in [3.63, 3.8) is 0 Å². The summed E-state index contributed by atoms with van der Waals surface area (Å²) in [5, 5.41) is 7.39. The third-order valence-electron chi connectivity index (χ3n) is 5.15. The van der Waals surface area contributed by atoms with E-state index in [0.717, 1.165) is 5.56 Å². The highest BCUT2D eigenvalue weighted by Gasteiger charge is 2.20. The van der Waals surface area contributed by atoms with Crippen LogP contribution >= 0.6 is 11.6 Å². The van der Waals surface area contributed by atoms with Crippen LogP contribution in [0.15, 0.2) is 63.9 Å². The molecule has 0 spiro atoms. The number of hydrogen-bond acceptors (Lipinski definition) is 5. The topological polar surface area (TPSA) is 90.0 Å². The van der Waals surface area contributed by atoms with Crippen molar-refractivity contribution in [1.82, 2.24) is 14.7 Å². The van der Waals surface area contributed by atoms with E-state index in [2.05, 4.69) is 15.5 Å². The Labute approximate surface area is 189 Å². The van der Waals surface area contributed by atoms with Gasteiger partial charge in [-0.3, -0.25) is 9.59 Å². The van der Waals surface area contributed by atoms with Gasteiger partial charge in [-0.2, -0.15) is 4.98 Å². The first kappa shape index (κ1) is 21.5. The first-order valence-corrected chi connectivity index (χ1v) is 10.4. The molecule has 2 aromatic carbocycles. The fourth-order valence-corrected chi connectivity index (χ4v) is 3.69. The second-order valence-corrected chi connectivity index (χ2v) is 7.97. The molecule has 8 heteroatoms. The Bertz CT molecular complexity index is 1370. The van der Waals surface area contributed by atoms with Crippen LogP contribution in [0.4, 0.5) is 5.69 Å². The van der Waals surface area contributed by atoms with Gasteiger partial charge in [-0.05, 0) is 56.2 Å². The number of rotatable bonds is 5. The molecule has 0 bridgehead atoms. The van der Waals surface area contributed by atoms with E-state index in [-0.39, 0.29) is 29.5 Å². The molecule has 1 amide bonds. The highest BCUT2D eigenvalue weighted by molar-refractivity contribution is 6.30. The standard InChI is InChI=1S/C24H21ClN4O3/c1-14-7-4-5-10-19(14)26-20(30)13-29-16(3)11-15(2)21(24(29)31)23-27-22(28-32-23)17-8-6-9-18(25)12-17/h4-12H,13H2,1-3H3,(H,26,30). The van der Waals surface area contributed by atoms with Crippen molar-refractivity contribution in [2.45, 2.75) is 27.3 Å². The van der Waals surface area contributed by atoms with Gasteiger partial charge in [-0.1, -0.05) is 47.1 Å². The highest BCUT2D eigenvalue weighted by Crippen LogP contribution is 2.24. The van der Waals surface area contributed by atoms with E-state index >= 15 is 0 Å². The SMILES string of the molecule is Cc1ccccc1NC(=O)Cn1c(C)cc(C)c(-c2nc(-c3cccc(Cl)c3)no2)c1=O. The quantitative estimate of drug-likeness (QED) is 0.474. The molecule has 0 aliphatic rings. The number of para-hydroxylation sites is 1. The molecular formula is C24H21ClN4O3. The van der Waals surface area contributed by atoms with E-state index in [1.807, 2.05) is 37.3 Å². The lowest BCUT2D eigenvalue weighted by Crippen LogP contribution is -2.30. The van der Waals surface area contributed by atoms with Crippen LogP contribution in [0.25, 0.3) is 22.8 Å². The Hall–Kier alpha value is -3.71. The number of hydrogen-bond donors (Lipinski definition) is 1. The van der Waals surface area contributed by atoms with Crippen LogP contribution in [-0.2, 0) is 11.3 Å². The minimum absolute atomic E-state index is 0.0931. The van der Waals surface area contributed by atoms with Gasteiger partial charge in [0.05, 0.1) is 0 Å². The van der Waals surface area contributed by atoms with Crippen molar-refractivity contribution in [1.29, 1.82) is 0 Å². The molecule has 2 aromatic heterocycles. The predicted molar refractivity (Wildman–Crippen MR) is 124 cm³/mol. The molecule has 4 rings (SSSR count). The van der Waals surface area contributed by atoms with Gasteiger partial charge in [0.2, 0.25) is 11.7 Å². The number of halogens is 1. The van der Waals surface area contributed by atoms with Crippen molar-refractivity contribution >= 4 is 23.2 Å². The number of aryl methyl sites for hydroxylation is 3. The minimum Gasteiger partial charge on any atom is -0.333 e. The van der Waals surface area contributed by atoms with Crippen LogP contribution in [0.1, 0.15) is 16.8 Å². The van der Waals surface area contributed by atoms with E-state index in [9.17, 15) is 9.59 Å². The molecular weight excluding hydrogens is 428 g/mol. The summed E-state index contributed by atoms with van der Waals surface area (Å²) in [5.41, 5.74) is 3.56. The zero-order valence-corrected chi connectivity index (χ0v) is 18.6. The largest absolute Gasteiger partial charge is 0.333 e. The molecule has 0 atom stereocenters. The molecule has 2 heterocycles. The number of benzene rings is 2. The zero-order chi connectivity index (χ0) is 22.8. The molecule has 0 saturated carbocycles. The van der Waals surface area contributed by atoms with Crippen molar-refractivity contribution in [3.8, 4) is 22.8 Å². The summed E-state index contributed by atoms with van der Waals surface area (Å²) in [5.74, 6) is 0.116. The van der Waals surface area contributed by atoms with Crippen LogP contribution < -0.4 is 10.9 Å². The van der Waals surface area contributed by atoms with Crippen molar-refractivity contribution in [2.75, 3.05) is 5.32 Å². The first-order chi connectivity index (χ1) is 15.3. The van der Waals surface area contributed by atoms with E-state index in [0.29, 0.717) is 33.4 Å². The summed E-state index contributed by atoms with van der Waals surface area (Å²) in [7, 11) is 0. The third-order valence-corrected chi connectivity index (χ3v) is 5.38. The average molecular weight is 449 g/mol. The van der Waals surface area contributed by atoms with E-state index in [4.69, 9.17) is 16.1 Å². The second-order valence-electron chi connectivity index (χ2n) is 7.53. The lowest BCUT2D eigenvalue weighted by molar-refractivity contribution is -0.116. The Morgan fingerprint density at radius 1 is 1.06 bits per heavy atom. The summed E-state index contributed by atoms with van der Waals surface area (Å²) in [6.07, 6.45) is 0. The van der Waals surface area contributed by atoms with E-state index < -0.39 is 0 Å². The van der Waals surface area contributed by atoms with Crippen molar-refractivity contribution in [2.24, 2.45) is 0 Å². The van der Waals surface area contributed by atoms with Gasteiger partial charge >= 0.3 is 0 Å². The van der Waals surface area contributed by atoms with Gasteiger partial charge in [-0.25, -0.2) is 0 Å². The number of aromatic nitrogens is 3. The Morgan fingerprint density at radius 3 is 2.59 bits per heavy atom. The van der Waals surface area contributed by atoms with Crippen LogP contribution in [0.2, 0.25) is 5.02 Å². The molecule has 7 nitrogen and oxygen atoms in total. The fourth-order valence-electron chi connectivity index (χ4n) is 3.50. The number of nitrogens with one attached hydrogen (secondary N) is 1. The average Bonchev–Trinajstić information content (AvgIpc) is 3.22. The molecule has 1 N–H and O–H groups in total. The molecule has 0 fully saturated rings. The first-order valence-electron chi connectivity index (χ1n) is 10.00. The Balaban J connectivity index is 1.67. The number of nitrogens with zero attached hydrogens (tertiary/aromatic N) is 3. The lowest BCUT2D eigenvalue weighted by atomic mass is 10.1. The summed E-state index contributed by atoms with van der Waals surface area (Å²) in [6.45, 7) is 5.35. The van der Waals surface area contributed by atoms with Gasteiger partial charge in [0.1, 0.15) is 12.1 Å². The highest BCUT2D eigenvalue weighted by atomic mass is 35.5. The van der Waals surface area contributed by atoms with Crippen LogP contribution in [0.3, 0.4) is 0 Å². The number of pyridine rings is 1. The maximum Gasteiger partial charge on any atom is 0.264 e. The summed E-state index contributed by atoms with van der Waals surface area (Å²) in [4.78, 5) is 30.3. The Kier molecular flexibility index (Phi) is 5.92. The fraction of sp³-hybridized carbons (Fsp3) is 0.167. The molecule has 32 heavy (non-hydrogen) atoms. The number of anilines is 1. The normalized spacial score (nSPS) is 10.9. The summed E-state index contributed by atoms with van der Waals surface area (Å²) < 4.78 is 6.80. The van der Waals surface area contributed by atoms with Gasteiger partial charge in [0, 0.05) is 22.0 Å². The van der Waals surface area contributed by atoms with Crippen LogP contribution in [0, 0.1) is 20.8 Å². The molecule has 0 saturated heterocycles. The van der Waals surface area contributed by atoms with Crippen molar-refractivity contribution < 1.29 is 9.32 Å². The van der Waals surface area contributed by atoms with Crippen LogP contribution in [0.5, 0.6) is 0 Å². The van der Waals surface area contributed by atoms with Crippen molar-refractivity contribution in [3.05, 3.63) is 86.8 Å². The second kappa shape index (κ2) is 8.80. The predicted octanol–water partition coefficient (Wildman–Crippen LogP) is 4.78. The number of carbonyl (C=O) groups is 1. The molecule has 162 valence electrons. The van der Waals surface area contributed by atoms with Gasteiger partial charge in [0.25, 0.3) is 11.4 Å². The smallest absolute Gasteiger partial charge is 0.264 e. The summed E-state index contributed by atoms with van der Waals surface area (Å²) >= 11 is 6.05. The van der Waals surface area contributed by atoms with Gasteiger partial charge in [-0.15, -0.1) is 0 Å². The third kappa shape index (κ3) is 4.33. The maximum atomic E-state index is 13.3. The van der Waals surface area contributed by atoms with Gasteiger partial charge in [0.15, 0.2) is 0 Å². The summed E-state index contributed by atoms with van der Waals surface area (Å²) in [6, 6.07) is 16.3. The molecule has 0 radical (unpaired) electrons. The molecule has 0 aliphatic carbocycles. The minimum atomic E-state index is -0.372.